The topological polar surface area (TPSA) is 0 Å². The summed E-state index contributed by atoms with van der Waals surface area (Å²) in [6.07, 6.45) is 3.98. The Morgan fingerprint density at radius 3 is 2.33 bits per heavy atom. The fraction of sp³-hybridized carbons (Fsp3) is 0.727. The van der Waals surface area contributed by atoms with E-state index in [0.29, 0.717) is 0 Å². The van der Waals surface area contributed by atoms with Gasteiger partial charge in [-0.05, 0) is 45.8 Å². The Morgan fingerprint density at radius 1 is 1.17 bits per heavy atom. The first-order valence-electron chi connectivity index (χ1n) is 4.71. The average Bonchev–Trinajstić information content (AvgIpc) is 2.03. The van der Waals surface area contributed by atoms with Crippen LogP contribution in [0.25, 0.3) is 0 Å². The summed E-state index contributed by atoms with van der Waals surface area (Å²) in [7, 11) is 0. The van der Waals surface area contributed by atoms with Gasteiger partial charge in [0, 0.05) is 5.75 Å². The molecule has 0 fully saturated rings. The number of hydrogen-bond donors (Lipinski definition) is 0. The van der Waals surface area contributed by atoms with E-state index in [0.717, 1.165) is 0 Å². The molecule has 0 atom stereocenters. The lowest BCUT2D eigenvalue weighted by molar-refractivity contribution is 0.788. The highest BCUT2D eigenvalue weighted by Gasteiger charge is 1.93. The third-order valence-corrected chi connectivity index (χ3v) is 2.94. The molecule has 0 nitrogen and oxygen atoms in total. The van der Waals surface area contributed by atoms with Gasteiger partial charge in [-0.3, -0.25) is 0 Å². The molecule has 0 aliphatic carbocycles. The first kappa shape index (κ1) is 12.1. The van der Waals surface area contributed by atoms with Crippen molar-refractivity contribution in [3.05, 3.63) is 16.9 Å². The van der Waals surface area contributed by atoms with E-state index in [1.54, 1.807) is 5.57 Å². The summed E-state index contributed by atoms with van der Waals surface area (Å²) in [6.45, 7) is 8.74. The summed E-state index contributed by atoms with van der Waals surface area (Å²) in [4.78, 5) is 0. The van der Waals surface area contributed by atoms with Crippen molar-refractivity contribution < 1.29 is 0 Å². The maximum atomic E-state index is 2.24. The van der Waals surface area contributed by atoms with Crippen LogP contribution in [0, 0.1) is 5.75 Å². The summed E-state index contributed by atoms with van der Waals surface area (Å²) in [5, 5.41) is 0. The van der Waals surface area contributed by atoms with Crippen molar-refractivity contribution in [1.82, 2.24) is 0 Å². The van der Waals surface area contributed by atoms with Crippen LogP contribution in [0.1, 0.15) is 47.0 Å². The molecule has 0 spiro atoms. The zero-order valence-electron chi connectivity index (χ0n) is 8.81. The summed E-state index contributed by atoms with van der Waals surface area (Å²) in [5.41, 5.74) is 3.06. The van der Waals surface area contributed by atoms with E-state index in [1.807, 2.05) is 11.8 Å². The van der Waals surface area contributed by atoms with Gasteiger partial charge in [0.25, 0.3) is 0 Å². The van der Waals surface area contributed by atoms with Crippen molar-refractivity contribution in [3.63, 3.8) is 0 Å². The molecule has 0 bridgehead atoms. The third-order valence-electron chi connectivity index (χ3n) is 2.08. The number of allylic oxidation sites excluding steroid dienone is 2. The van der Waals surface area contributed by atoms with Crippen LogP contribution >= 0.6 is 11.8 Å². The molecule has 1 radical (unpaired) electrons. The second kappa shape index (κ2) is 7.72. The zero-order valence-corrected chi connectivity index (χ0v) is 9.63. The molecular weight excluding hydrogens is 164 g/mol. The molecule has 0 rings (SSSR count). The van der Waals surface area contributed by atoms with E-state index in [9.17, 15) is 0 Å². The second-order valence-corrected chi connectivity index (χ2v) is 4.56. The lowest BCUT2D eigenvalue weighted by atomic mass is 10.1. The van der Waals surface area contributed by atoms with Gasteiger partial charge in [0.05, 0.1) is 0 Å². The molecule has 0 saturated heterocycles. The lowest BCUT2D eigenvalue weighted by Gasteiger charge is -2.03. The average molecular weight is 185 g/mol. The maximum absolute atomic E-state index is 2.24. The van der Waals surface area contributed by atoms with E-state index >= 15 is 0 Å². The molecule has 0 unspecified atom stereocenters. The SMILES string of the molecule is C[CH]SCCCCC(C)=C(C)C. The van der Waals surface area contributed by atoms with Crippen LogP contribution in [0.5, 0.6) is 0 Å². The molecule has 0 aromatic rings. The van der Waals surface area contributed by atoms with Crippen LogP contribution in [0.2, 0.25) is 0 Å². The smallest absolute Gasteiger partial charge is 0.0135 e. The van der Waals surface area contributed by atoms with Crippen molar-refractivity contribution in [2.45, 2.75) is 47.0 Å². The Morgan fingerprint density at radius 2 is 1.83 bits per heavy atom. The van der Waals surface area contributed by atoms with Gasteiger partial charge in [-0.1, -0.05) is 18.1 Å². The van der Waals surface area contributed by atoms with Crippen LogP contribution in [-0.2, 0) is 0 Å². The van der Waals surface area contributed by atoms with E-state index in [1.165, 1.54) is 30.6 Å². The van der Waals surface area contributed by atoms with Gasteiger partial charge in [0.15, 0.2) is 0 Å². The van der Waals surface area contributed by atoms with Gasteiger partial charge in [0.1, 0.15) is 0 Å². The molecule has 71 valence electrons. The molecule has 1 heteroatoms. The van der Waals surface area contributed by atoms with Crippen molar-refractivity contribution in [3.8, 4) is 0 Å². The molecule has 0 amide bonds. The van der Waals surface area contributed by atoms with Crippen LogP contribution in [-0.4, -0.2) is 5.75 Å². The standard InChI is InChI=1S/C11H21S/c1-5-12-9-7-6-8-11(4)10(2)3/h5H,6-9H2,1-4H3. The fourth-order valence-corrected chi connectivity index (χ4v) is 1.55. The highest BCUT2D eigenvalue weighted by Crippen LogP contribution is 2.14. The minimum atomic E-state index is 1.28. The summed E-state index contributed by atoms with van der Waals surface area (Å²) in [5.74, 6) is 3.46. The molecule has 0 aromatic heterocycles. The number of hydrogen-bond acceptors (Lipinski definition) is 1. The predicted octanol–water partition coefficient (Wildman–Crippen LogP) is 4.43. The normalized spacial score (nSPS) is 10.0. The van der Waals surface area contributed by atoms with Crippen molar-refractivity contribution >= 4 is 11.8 Å². The predicted molar refractivity (Wildman–Crippen MR) is 60.3 cm³/mol. The maximum Gasteiger partial charge on any atom is 0.0135 e. The van der Waals surface area contributed by atoms with Crippen molar-refractivity contribution in [2.24, 2.45) is 0 Å². The Labute approximate surface area is 81.8 Å². The summed E-state index contributed by atoms with van der Waals surface area (Å²) in [6, 6.07) is 0. The van der Waals surface area contributed by atoms with Gasteiger partial charge < -0.3 is 0 Å². The van der Waals surface area contributed by atoms with Crippen LogP contribution in [0.4, 0.5) is 0 Å². The van der Waals surface area contributed by atoms with Gasteiger partial charge in [-0.25, -0.2) is 0 Å². The number of rotatable bonds is 6. The minimum absolute atomic E-state index is 1.28. The Bertz CT molecular complexity index is 132. The van der Waals surface area contributed by atoms with E-state index < -0.39 is 0 Å². The van der Waals surface area contributed by atoms with Crippen LogP contribution < -0.4 is 0 Å². The molecule has 0 aromatic carbocycles. The molecule has 0 saturated carbocycles. The number of thioether (sulfide) groups is 1. The quantitative estimate of drug-likeness (QED) is 0.436. The van der Waals surface area contributed by atoms with Crippen LogP contribution in [0.15, 0.2) is 11.1 Å². The van der Waals surface area contributed by atoms with Gasteiger partial charge >= 0.3 is 0 Å². The molecular formula is C11H21S. The molecule has 0 heterocycles. The number of unbranched alkanes of at least 4 members (excludes halogenated alkanes) is 1. The zero-order chi connectivity index (χ0) is 9.40. The molecule has 0 N–H and O–H groups in total. The highest BCUT2D eigenvalue weighted by atomic mass is 32.2. The Kier molecular flexibility index (Phi) is 7.78. The Hall–Kier alpha value is 0.0900. The minimum Gasteiger partial charge on any atom is -0.158 e. The van der Waals surface area contributed by atoms with E-state index in [2.05, 4.69) is 33.4 Å². The van der Waals surface area contributed by atoms with E-state index in [-0.39, 0.29) is 0 Å². The first-order valence-corrected chi connectivity index (χ1v) is 5.75. The van der Waals surface area contributed by atoms with Crippen molar-refractivity contribution in [1.29, 1.82) is 0 Å². The summed E-state index contributed by atoms with van der Waals surface area (Å²) < 4.78 is 0. The molecule has 0 aliphatic heterocycles. The highest BCUT2D eigenvalue weighted by molar-refractivity contribution is 8.01. The van der Waals surface area contributed by atoms with E-state index in [4.69, 9.17) is 0 Å². The molecule has 0 aliphatic rings. The second-order valence-electron chi connectivity index (χ2n) is 3.34. The fourth-order valence-electron chi connectivity index (χ4n) is 0.943. The summed E-state index contributed by atoms with van der Waals surface area (Å²) >= 11 is 1.93. The first-order chi connectivity index (χ1) is 5.68. The van der Waals surface area contributed by atoms with Gasteiger partial charge in [-0.15, -0.1) is 0 Å². The Balaban J connectivity index is 3.26. The van der Waals surface area contributed by atoms with Gasteiger partial charge in [0.2, 0.25) is 0 Å². The monoisotopic (exact) mass is 185 g/mol. The largest absolute Gasteiger partial charge is 0.158 e. The van der Waals surface area contributed by atoms with Crippen molar-refractivity contribution in [2.75, 3.05) is 5.75 Å². The third kappa shape index (κ3) is 6.78. The lowest BCUT2D eigenvalue weighted by Crippen LogP contribution is -1.84. The molecule has 12 heavy (non-hydrogen) atoms. The van der Waals surface area contributed by atoms with Crippen LogP contribution in [0.3, 0.4) is 0 Å². The van der Waals surface area contributed by atoms with Gasteiger partial charge in [-0.2, -0.15) is 11.8 Å².